The molecular formula is C22H30N4O3S2. The van der Waals surface area contributed by atoms with Crippen LogP contribution in [0.5, 0.6) is 5.75 Å². The first kappa shape index (κ1) is 21.2. The van der Waals surface area contributed by atoms with Crippen molar-refractivity contribution in [1.82, 2.24) is 14.3 Å². The summed E-state index contributed by atoms with van der Waals surface area (Å²) < 4.78 is 37.9. The second-order valence-electron chi connectivity index (χ2n) is 8.90. The Morgan fingerprint density at radius 1 is 1.06 bits per heavy atom. The first-order valence-corrected chi connectivity index (χ1v) is 13.7. The number of aromatic nitrogens is 2. The van der Waals surface area contributed by atoms with Gasteiger partial charge in [-0.1, -0.05) is 31.7 Å². The number of ether oxygens (including phenoxy) is 1. The summed E-state index contributed by atoms with van der Waals surface area (Å²) in [4.78, 5) is 6.85. The third-order valence-electron chi connectivity index (χ3n) is 7.07. The SMILES string of the molecule is O=S(=O)(Nc1ncns1)c1ccc2c(c1)OCC[C@@H]2N1CCCC[C@@H]1C1CCCCC1. The van der Waals surface area contributed by atoms with Gasteiger partial charge in [-0.15, -0.1) is 0 Å². The smallest absolute Gasteiger partial charge is 0.263 e. The lowest BCUT2D eigenvalue weighted by molar-refractivity contribution is 0.0260. The lowest BCUT2D eigenvalue weighted by Crippen LogP contribution is -2.47. The van der Waals surface area contributed by atoms with Crippen molar-refractivity contribution < 1.29 is 13.2 Å². The van der Waals surface area contributed by atoms with E-state index in [0.29, 0.717) is 24.4 Å². The van der Waals surface area contributed by atoms with Crippen molar-refractivity contribution in [1.29, 1.82) is 0 Å². The van der Waals surface area contributed by atoms with E-state index < -0.39 is 10.0 Å². The van der Waals surface area contributed by atoms with Crippen LogP contribution in [0, 0.1) is 5.92 Å². The number of piperidine rings is 1. The summed E-state index contributed by atoms with van der Waals surface area (Å²) in [5.74, 6) is 1.50. The fraction of sp³-hybridized carbons (Fsp3) is 0.636. The summed E-state index contributed by atoms with van der Waals surface area (Å²) in [5, 5.41) is 0.264. The predicted molar refractivity (Wildman–Crippen MR) is 121 cm³/mol. The number of nitrogens with zero attached hydrogens (tertiary/aromatic N) is 3. The molecule has 0 radical (unpaired) electrons. The Hall–Kier alpha value is -1.71. The molecule has 31 heavy (non-hydrogen) atoms. The van der Waals surface area contributed by atoms with E-state index in [9.17, 15) is 8.42 Å². The van der Waals surface area contributed by atoms with Crippen molar-refractivity contribution in [3.8, 4) is 5.75 Å². The first-order valence-electron chi connectivity index (χ1n) is 11.4. The van der Waals surface area contributed by atoms with Gasteiger partial charge in [-0.05, 0) is 44.2 Å². The normalized spacial score (nSPS) is 25.5. The van der Waals surface area contributed by atoms with Gasteiger partial charge >= 0.3 is 0 Å². The van der Waals surface area contributed by atoms with Crippen molar-refractivity contribution in [3.05, 3.63) is 30.1 Å². The maximum absolute atomic E-state index is 12.8. The summed E-state index contributed by atoms with van der Waals surface area (Å²) in [6, 6.07) is 6.28. The highest BCUT2D eigenvalue weighted by atomic mass is 32.2. The summed E-state index contributed by atoms with van der Waals surface area (Å²) in [6.07, 6.45) is 13.0. The number of nitrogens with one attached hydrogen (secondary N) is 1. The van der Waals surface area contributed by atoms with E-state index in [2.05, 4.69) is 19.0 Å². The Morgan fingerprint density at radius 2 is 1.90 bits per heavy atom. The molecule has 2 atom stereocenters. The molecule has 2 aliphatic heterocycles. The van der Waals surface area contributed by atoms with Gasteiger partial charge in [-0.3, -0.25) is 9.62 Å². The Balaban J connectivity index is 1.40. The number of anilines is 1. The van der Waals surface area contributed by atoms with Gasteiger partial charge < -0.3 is 4.74 Å². The molecule has 5 rings (SSSR count). The molecule has 1 aromatic heterocycles. The zero-order valence-electron chi connectivity index (χ0n) is 17.7. The average Bonchev–Trinajstić information content (AvgIpc) is 3.31. The molecule has 1 N–H and O–H groups in total. The fourth-order valence-electron chi connectivity index (χ4n) is 5.65. The van der Waals surface area contributed by atoms with Crippen molar-refractivity contribution in [2.75, 3.05) is 17.9 Å². The number of hydrogen-bond donors (Lipinski definition) is 1. The van der Waals surface area contributed by atoms with Crippen LogP contribution in [0.3, 0.4) is 0 Å². The van der Waals surface area contributed by atoms with Crippen LogP contribution in [0.15, 0.2) is 29.4 Å². The molecule has 1 saturated carbocycles. The van der Waals surface area contributed by atoms with Crippen LogP contribution in [0.2, 0.25) is 0 Å². The average molecular weight is 463 g/mol. The van der Waals surface area contributed by atoms with Gasteiger partial charge in [0.25, 0.3) is 10.0 Å². The van der Waals surface area contributed by atoms with Crippen LogP contribution < -0.4 is 9.46 Å². The Labute approximate surface area is 188 Å². The first-order chi connectivity index (χ1) is 15.1. The monoisotopic (exact) mass is 462 g/mol. The molecule has 1 saturated heterocycles. The van der Waals surface area contributed by atoms with E-state index in [4.69, 9.17) is 4.74 Å². The lowest BCUT2D eigenvalue weighted by Gasteiger charge is -2.47. The largest absolute Gasteiger partial charge is 0.493 e. The Bertz CT molecular complexity index is 990. The summed E-state index contributed by atoms with van der Waals surface area (Å²) in [6.45, 7) is 1.75. The number of benzene rings is 1. The van der Waals surface area contributed by atoms with E-state index >= 15 is 0 Å². The van der Waals surface area contributed by atoms with Crippen LogP contribution in [0.1, 0.15) is 69.4 Å². The van der Waals surface area contributed by atoms with Crippen LogP contribution in [0.4, 0.5) is 5.13 Å². The third-order valence-corrected chi connectivity index (χ3v) is 9.12. The van der Waals surface area contributed by atoms with E-state index in [1.54, 1.807) is 12.1 Å². The predicted octanol–water partition coefficient (Wildman–Crippen LogP) is 4.60. The minimum absolute atomic E-state index is 0.199. The van der Waals surface area contributed by atoms with Crippen molar-refractivity contribution in [2.24, 2.45) is 5.92 Å². The molecule has 3 aliphatic rings. The topological polar surface area (TPSA) is 84.4 Å². The van der Waals surface area contributed by atoms with Crippen molar-refractivity contribution in [2.45, 2.75) is 74.8 Å². The van der Waals surface area contributed by atoms with Crippen LogP contribution in [-0.2, 0) is 10.0 Å². The summed E-state index contributed by atoms with van der Waals surface area (Å²) in [5.41, 5.74) is 1.13. The van der Waals surface area contributed by atoms with Gasteiger partial charge in [0, 0.05) is 41.7 Å². The molecule has 3 heterocycles. The van der Waals surface area contributed by atoms with Gasteiger partial charge in [0.15, 0.2) is 0 Å². The second kappa shape index (κ2) is 9.03. The molecule has 9 heteroatoms. The zero-order valence-corrected chi connectivity index (χ0v) is 19.3. The molecule has 0 bridgehead atoms. The lowest BCUT2D eigenvalue weighted by atomic mass is 9.78. The molecule has 1 aromatic carbocycles. The van der Waals surface area contributed by atoms with Gasteiger partial charge in [-0.25, -0.2) is 13.4 Å². The molecular weight excluding hydrogens is 432 g/mol. The quantitative estimate of drug-likeness (QED) is 0.699. The highest BCUT2D eigenvalue weighted by Gasteiger charge is 2.37. The van der Waals surface area contributed by atoms with E-state index in [1.165, 1.54) is 57.7 Å². The van der Waals surface area contributed by atoms with Gasteiger partial charge in [0.1, 0.15) is 12.1 Å². The van der Waals surface area contributed by atoms with Crippen molar-refractivity contribution >= 4 is 26.7 Å². The molecule has 168 valence electrons. The Morgan fingerprint density at radius 3 is 2.71 bits per heavy atom. The minimum atomic E-state index is -3.72. The molecule has 7 nitrogen and oxygen atoms in total. The molecule has 0 unspecified atom stereocenters. The maximum atomic E-state index is 12.8. The molecule has 2 aromatic rings. The van der Waals surface area contributed by atoms with E-state index in [-0.39, 0.29) is 10.0 Å². The third kappa shape index (κ3) is 4.45. The van der Waals surface area contributed by atoms with Crippen LogP contribution >= 0.6 is 11.5 Å². The van der Waals surface area contributed by atoms with Crippen LogP contribution in [-0.4, -0.2) is 41.9 Å². The standard InChI is InChI=1S/C22H30N4O3S2/c27-31(28,25-22-23-15-24-30-22)17-9-10-18-20(11-13-29-21(18)14-17)26-12-5-4-8-19(26)16-6-2-1-3-7-16/h9-10,14-16,19-20H,1-8,11-13H2,(H,23,24,25)/t19-,20+/m1/s1. The van der Waals surface area contributed by atoms with Gasteiger partial charge in [-0.2, -0.15) is 4.37 Å². The number of hydrogen-bond acceptors (Lipinski definition) is 7. The molecule has 0 amide bonds. The van der Waals surface area contributed by atoms with Gasteiger partial charge in [0.05, 0.1) is 11.5 Å². The van der Waals surface area contributed by atoms with Gasteiger partial charge in [0.2, 0.25) is 5.13 Å². The highest BCUT2D eigenvalue weighted by Crippen LogP contribution is 2.43. The number of sulfonamides is 1. The highest BCUT2D eigenvalue weighted by molar-refractivity contribution is 7.93. The number of rotatable bonds is 5. The zero-order chi connectivity index (χ0) is 21.3. The Kier molecular flexibility index (Phi) is 6.16. The summed E-state index contributed by atoms with van der Waals surface area (Å²) in [7, 11) is -3.72. The molecule has 1 aliphatic carbocycles. The van der Waals surface area contributed by atoms with E-state index in [0.717, 1.165) is 36.0 Å². The number of fused-ring (bicyclic) bond motifs is 1. The maximum Gasteiger partial charge on any atom is 0.263 e. The fourth-order valence-corrected chi connectivity index (χ4v) is 7.32. The molecule has 2 fully saturated rings. The van der Waals surface area contributed by atoms with Crippen molar-refractivity contribution in [3.63, 3.8) is 0 Å². The number of likely N-dealkylation sites (tertiary alicyclic amines) is 1. The second-order valence-corrected chi connectivity index (χ2v) is 11.4. The summed E-state index contributed by atoms with van der Waals surface area (Å²) >= 11 is 1.02. The molecule has 0 spiro atoms. The minimum Gasteiger partial charge on any atom is -0.493 e. The van der Waals surface area contributed by atoms with Crippen LogP contribution in [0.25, 0.3) is 0 Å². The van der Waals surface area contributed by atoms with E-state index in [1.807, 2.05) is 6.07 Å².